The van der Waals surface area contributed by atoms with E-state index in [1.165, 1.54) is 24.3 Å². The number of halogens is 6. The maximum absolute atomic E-state index is 12.3. The summed E-state index contributed by atoms with van der Waals surface area (Å²) in [6.45, 7) is 9.84. The molecule has 0 aliphatic carbocycles. The molecule has 234 valence electrons. The Bertz CT molecular complexity index is 1150. The van der Waals surface area contributed by atoms with Gasteiger partial charge in [-0.15, -0.1) is 26.3 Å². The van der Waals surface area contributed by atoms with Crippen molar-refractivity contribution in [2.75, 3.05) is 9.80 Å². The molecule has 0 aromatic heterocycles. The number of ether oxygens (including phenoxy) is 2. The predicted molar refractivity (Wildman–Crippen MR) is 144 cm³/mol. The Hall–Kier alpha value is -4.10. The number of carbonyl (C=O) groups is 4. The molecule has 42 heavy (non-hydrogen) atoms. The van der Waals surface area contributed by atoms with E-state index in [-0.39, 0.29) is 24.2 Å². The fraction of sp³-hybridized carbons (Fsp3) is 0.429. The highest BCUT2D eigenvalue weighted by molar-refractivity contribution is 6.15. The Kier molecular flexibility index (Phi) is 15.9. The molecule has 4 amide bonds. The van der Waals surface area contributed by atoms with Crippen molar-refractivity contribution in [1.29, 1.82) is 0 Å². The van der Waals surface area contributed by atoms with Crippen LogP contribution in [0.15, 0.2) is 48.5 Å². The molecule has 0 heterocycles. The molecule has 0 unspecified atom stereocenters. The van der Waals surface area contributed by atoms with E-state index in [4.69, 9.17) is 0 Å². The van der Waals surface area contributed by atoms with Gasteiger partial charge in [0.2, 0.25) is 23.6 Å². The van der Waals surface area contributed by atoms with Crippen LogP contribution in [0.25, 0.3) is 0 Å². The van der Waals surface area contributed by atoms with Crippen molar-refractivity contribution in [3.8, 4) is 11.5 Å². The van der Waals surface area contributed by atoms with E-state index < -0.39 is 47.9 Å². The Labute approximate surface area is 240 Å². The maximum atomic E-state index is 12.3. The summed E-state index contributed by atoms with van der Waals surface area (Å²) in [6, 6.07) is 9.51. The second-order valence-corrected chi connectivity index (χ2v) is 8.09. The number of rotatable bonds is 8. The van der Waals surface area contributed by atoms with E-state index in [0.717, 1.165) is 47.9 Å². The van der Waals surface area contributed by atoms with Crippen LogP contribution in [0.4, 0.5) is 37.7 Å². The summed E-state index contributed by atoms with van der Waals surface area (Å²) in [5.74, 6) is -3.02. The molecule has 0 atom stereocenters. The van der Waals surface area contributed by atoms with Gasteiger partial charge in [-0.05, 0) is 37.1 Å². The number of benzene rings is 2. The zero-order chi connectivity index (χ0) is 32.7. The first kappa shape index (κ1) is 37.9. The highest BCUT2D eigenvalue weighted by Gasteiger charge is 2.32. The van der Waals surface area contributed by atoms with Gasteiger partial charge < -0.3 is 9.47 Å². The fourth-order valence-corrected chi connectivity index (χ4v) is 3.30. The molecule has 0 aliphatic rings. The van der Waals surface area contributed by atoms with Gasteiger partial charge in [-0.1, -0.05) is 39.8 Å². The van der Waals surface area contributed by atoms with E-state index in [9.17, 15) is 45.5 Å². The van der Waals surface area contributed by atoms with E-state index in [1.54, 1.807) is 13.8 Å². The molecular weight excluding hydrogens is 574 g/mol. The van der Waals surface area contributed by atoms with E-state index in [2.05, 4.69) is 9.47 Å². The first-order valence-electron chi connectivity index (χ1n) is 12.9. The van der Waals surface area contributed by atoms with Gasteiger partial charge in [0, 0.05) is 38.8 Å². The highest BCUT2D eigenvalue weighted by Crippen LogP contribution is 2.28. The van der Waals surface area contributed by atoms with Crippen LogP contribution in [-0.2, 0) is 19.2 Å². The molecule has 2 aromatic rings. The lowest BCUT2D eigenvalue weighted by atomic mass is 10.2. The molecule has 2 aromatic carbocycles. The number of anilines is 2. The minimum absolute atomic E-state index is 0.0248. The van der Waals surface area contributed by atoms with Crippen LogP contribution in [-0.4, -0.2) is 36.4 Å². The average molecular weight is 609 g/mol. The Morgan fingerprint density at radius 3 is 1.26 bits per heavy atom. The second kappa shape index (κ2) is 17.7. The standard InChI is InChI=1S/C15H18F3NO3.C11H10F3NO3.C2H6/c1-3-6-13(20)19(14(21)7-4-2)11-8-5-9-12(10-11)22-15(16,17)18;1-7(16)15(8(2)17)9-4-3-5-10(6-9)18-11(12,13)14;1-2/h5,8-10H,3-4,6-7H2,1-2H3;3-6H,1-2H3;1-2H3. The Balaban J connectivity index is 0.000000769. The number of hydrogen-bond donors (Lipinski definition) is 0. The highest BCUT2D eigenvalue weighted by atomic mass is 19.4. The van der Waals surface area contributed by atoms with Gasteiger partial charge in [-0.3, -0.25) is 29.0 Å². The largest absolute Gasteiger partial charge is 0.573 e. The number of alkyl halides is 6. The SMILES string of the molecule is CC.CC(=O)N(C(C)=O)c1cccc(OC(F)(F)F)c1.CCCC(=O)N(C(=O)CCC)c1cccc(OC(F)(F)F)c1. The number of hydrogen-bond acceptors (Lipinski definition) is 6. The lowest BCUT2D eigenvalue weighted by Crippen LogP contribution is -2.36. The van der Waals surface area contributed by atoms with Crippen molar-refractivity contribution < 1.29 is 55.0 Å². The number of imide groups is 2. The smallest absolute Gasteiger partial charge is 0.406 e. The van der Waals surface area contributed by atoms with Gasteiger partial charge in [0.1, 0.15) is 11.5 Å². The summed E-state index contributed by atoms with van der Waals surface area (Å²) in [7, 11) is 0. The summed E-state index contributed by atoms with van der Waals surface area (Å²) in [5, 5.41) is 0. The zero-order valence-corrected chi connectivity index (χ0v) is 24.1. The van der Waals surface area contributed by atoms with Crippen molar-refractivity contribution in [1.82, 2.24) is 0 Å². The lowest BCUT2D eigenvalue weighted by Gasteiger charge is -2.21. The number of amides is 4. The first-order chi connectivity index (χ1) is 19.5. The molecule has 8 nitrogen and oxygen atoms in total. The quantitative estimate of drug-likeness (QED) is 0.287. The minimum atomic E-state index is -4.83. The molecule has 2 rings (SSSR count). The van der Waals surface area contributed by atoms with Gasteiger partial charge in [0.15, 0.2) is 0 Å². The van der Waals surface area contributed by atoms with Crippen LogP contribution in [0.3, 0.4) is 0 Å². The zero-order valence-electron chi connectivity index (χ0n) is 24.1. The molecule has 0 N–H and O–H groups in total. The van der Waals surface area contributed by atoms with Gasteiger partial charge in [-0.2, -0.15) is 0 Å². The van der Waals surface area contributed by atoms with Gasteiger partial charge >= 0.3 is 12.7 Å². The van der Waals surface area contributed by atoms with Crippen LogP contribution >= 0.6 is 0 Å². The molecule has 0 saturated carbocycles. The molecule has 0 fully saturated rings. The summed E-state index contributed by atoms with van der Waals surface area (Å²) >= 11 is 0. The number of carbonyl (C=O) groups excluding carboxylic acids is 4. The molecule has 0 spiro atoms. The summed E-state index contributed by atoms with van der Waals surface area (Å²) < 4.78 is 80.4. The monoisotopic (exact) mass is 608 g/mol. The predicted octanol–water partition coefficient (Wildman–Crippen LogP) is 7.56. The molecule has 0 bridgehead atoms. The Morgan fingerprint density at radius 1 is 0.643 bits per heavy atom. The lowest BCUT2D eigenvalue weighted by molar-refractivity contribution is -0.275. The first-order valence-corrected chi connectivity index (χ1v) is 12.9. The van der Waals surface area contributed by atoms with Crippen molar-refractivity contribution in [2.45, 2.75) is 80.0 Å². The van der Waals surface area contributed by atoms with Crippen LogP contribution < -0.4 is 19.3 Å². The average Bonchev–Trinajstić information content (AvgIpc) is 2.84. The minimum Gasteiger partial charge on any atom is -0.406 e. The third-order valence-corrected chi connectivity index (χ3v) is 4.68. The normalized spacial score (nSPS) is 10.7. The summed E-state index contributed by atoms with van der Waals surface area (Å²) in [5.41, 5.74) is 0.107. The van der Waals surface area contributed by atoms with Gasteiger partial charge in [0.25, 0.3) is 0 Å². The van der Waals surface area contributed by atoms with Gasteiger partial charge in [0.05, 0.1) is 11.4 Å². The summed E-state index contributed by atoms with van der Waals surface area (Å²) in [4.78, 5) is 48.3. The molecule has 0 saturated heterocycles. The molecule has 0 aliphatic heterocycles. The van der Waals surface area contributed by atoms with Crippen LogP contribution in [0.2, 0.25) is 0 Å². The third-order valence-electron chi connectivity index (χ3n) is 4.68. The Morgan fingerprint density at radius 2 is 0.976 bits per heavy atom. The van der Waals surface area contributed by atoms with Crippen molar-refractivity contribution >= 4 is 35.0 Å². The molecular formula is C28H34F6N2O6. The molecule has 14 heteroatoms. The van der Waals surface area contributed by atoms with Crippen LogP contribution in [0.5, 0.6) is 11.5 Å². The maximum Gasteiger partial charge on any atom is 0.573 e. The van der Waals surface area contributed by atoms with E-state index >= 15 is 0 Å². The van der Waals surface area contributed by atoms with E-state index in [1.807, 2.05) is 13.8 Å². The van der Waals surface area contributed by atoms with Crippen molar-refractivity contribution in [2.24, 2.45) is 0 Å². The van der Waals surface area contributed by atoms with Crippen LogP contribution in [0, 0.1) is 0 Å². The topological polar surface area (TPSA) is 93.2 Å². The summed E-state index contributed by atoms with van der Waals surface area (Å²) in [6.07, 6.45) is -8.30. The van der Waals surface area contributed by atoms with Gasteiger partial charge in [-0.25, -0.2) is 0 Å². The van der Waals surface area contributed by atoms with Crippen molar-refractivity contribution in [3.05, 3.63) is 48.5 Å². The van der Waals surface area contributed by atoms with Crippen LogP contribution in [0.1, 0.15) is 67.2 Å². The van der Waals surface area contributed by atoms with E-state index in [0.29, 0.717) is 12.8 Å². The second-order valence-electron chi connectivity index (χ2n) is 8.09. The molecule has 0 radical (unpaired) electrons. The fourth-order valence-electron chi connectivity index (χ4n) is 3.30. The van der Waals surface area contributed by atoms with Crippen molar-refractivity contribution in [3.63, 3.8) is 0 Å². The number of nitrogens with zero attached hydrogens (tertiary/aromatic N) is 2. The third kappa shape index (κ3) is 14.0.